The van der Waals surface area contributed by atoms with E-state index in [4.69, 9.17) is 0 Å². The quantitative estimate of drug-likeness (QED) is 0.758. The minimum absolute atomic E-state index is 0.191. The summed E-state index contributed by atoms with van der Waals surface area (Å²) in [6.07, 6.45) is 2.65. The number of nitrogens with zero attached hydrogens (tertiary/aromatic N) is 2. The Kier molecular flexibility index (Phi) is 4.07. The van der Waals surface area contributed by atoms with Gasteiger partial charge in [0, 0.05) is 19.6 Å². The summed E-state index contributed by atoms with van der Waals surface area (Å²) in [5.41, 5.74) is 0. The number of rotatable bonds is 3. The van der Waals surface area contributed by atoms with Gasteiger partial charge in [-0.2, -0.15) is 0 Å². The van der Waals surface area contributed by atoms with Crippen molar-refractivity contribution in [3.63, 3.8) is 0 Å². The molecule has 0 aromatic heterocycles. The molecule has 0 bridgehead atoms. The van der Waals surface area contributed by atoms with E-state index in [0.29, 0.717) is 6.54 Å². The Morgan fingerprint density at radius 1 is 1.24 bits per heavy atom. The van der Waals surface area contributed by atoms with Crippen LogP contribution in [0.4, 0.5) is 0 Å². The second-order valence-corrected chi connectivity index (χ2v) is 7.48. The van der Waals surface area contributed by atoms with Gasteiger partial charge in [0.2, 0.25) is 10.0 Å². The van der Waals surface area contributed by atoms with Crippen molar-refractivity contribution in [2.24, 2.45) is 0 Å². The van der Waals surface area contributed by atoms with Crippen molar-refractivity contribution in [2.45, 2.75) is 30.6 Å². The summed E-state index contributed by atoms with van der Waals surface area (Å²) in [4.78, 5) is 2.26. The fourth-order valence-electron chi connectivity index (χ4n) is 2.68. The van der Waals surface area contributed by atoms with Crippen LogP contribution in [0.5, 0.6) is 0 Å². The van der Waals surface area contributed by atoms with Crippen LogP contribution in [0.25, 0.3) is 0 Å². The third-order valence-electron chi connectivity index (χ3n) is 4.04. The number of hydrogen-bond acceptors (Lipinski definition) is 4. The molecule has 0 spiro atoms. The smallest absolute Gasteiger partial charge is 0.218 e. The zero-order chi connectivity index (χ0) is 12.5. The maximum Gasteiger partial charge on any atom is 0.218 e. The van der Waals surface area contributed by atoms with E-state index in [1.54, 1.807) is 11.4 Å². The maximum absolute atomic E-state index is 12.4. The van der Waals surface area contributed by atoms with Crippen LogP contribution in [0.3, 0.4) is 0 Å². The van der Waals surface area contributed by atoms with Crippen molar-refractivity contribution in [2.75, 3.05) is 40.3 Å². The highest BCUT2D eigenvalue weighted by Gasteiger charge is 2.36. The average Bonchev–Trinajstić information content (AvgIpc) is 2.83. The molecule has 6 heteroatoms. The van der Waals surface area contributed by atoms with E-state index in [1.165, 1.54) is 0 Å². The lowest BCUT2D eigenvalue weighted by molar-refractivity contribution is 0.197. The molecular weight excluding hydrogens is 238 g/mol. The molecule has 2 saturated heterocycles. The van der Waals surface area contributed by atoms with Gasteiger partial charge < -0.3 is 10.2 Å². The van der Waals surface area contributed by atoms with E-state index in [0.717, 1.165) is 38.9 Å². The number of likely N-dealkylation sites (tertiary alicyclic amines) is 1. The fourth-order valence-corrected chi connectivity index (χ4v) is 4.52. The standard InChI is InChI=1S/C11H23N3O2S/c1-13-7-4-10(5-8-13)14(2)17(15,16)11-3-6-12-9-11/h10-12H,3-9H2,1-2H3. The van der Waals surface area contributed by atoms with Crippen molar-refractivity contribution >= 4 is 10.0 Å². The molecule has 1 N–H and O–H groups in total. The summed E-state index contributed by atoms with van der Waals surface area (Å²) < 4.78 is 26.4. The molecule has 2 heterocycles. The zero-order valence-corrected chi connectivity index (χ0v) is 11.5. The molecule has 0 amide bonds. The molecule has 2 aliphatic heterocycles. The van der Waals surface area contributed by atoms with Gasteiger partial charge >= 0.3 is 0 Å². The maximum atomic E-state index is 12.4. The van der Waals surface area contributed by atoms with Gasteiger partial charge in [-0.05, 0) is 45.9 Å². The monoisotopic (exact) mass is 261 g/mol. The summed E-state index contributed by atoms with van der Waals surface area (Å²) in [7, 11) is 0.739. The van der Waals surface area contributed by atoms with Gasteiger partial charge in [-0.1, -0.05) is 0 Å². The van der Waals surface area contributed by atoms with Crippen LogP contribution in [0.1, 0.15) is 19.3 Å². The summed E-state index contributed by atoms with van der Waals surface area (Å²) in [5.74, 6) is 0. The largest absolute Gasteiger partial charge is 0.315 e. The molecule has 5 nitrogen and oxygen atoms in total. The molecule has 1 atom stereocenters. The SMILES string of the molecule is CN1CCC(N(C)S(=O)(=O)C2CCNC2)CC1. The van der Waals surface area contributed by atoms with Crippen LogP contribution in [0.2, 0.25) is 0 Å². The van der Waals surface area contributed by atoms with Gasteiger partial charge in [-0.15, -0.1) is 0 Å². The summed E-state index contributed by atoms with van der Waals surface area (Å²) in [6.45, 7) is 3.42. The molecule has 2 fully saturated rings. The van der Waals surface area contributed by atoms with E-state index in [1.807, 2.05) is 0 Å². The molecule has 0 saturated carbocycles. The first-order valence-electron chi connectivity index (χ1n) is 6.38. The van der Waals surface area contributed by atoms with Gasteiger partial charge in [0.15, 0.2) is 0 Å². The second kappa shape index (κ2) is 5.22. The molecule has 0 radical (unpaired) electrons. The first-order valence-corrected chi connectivity index (χ1v) is 7.88. The van der Waals surface area contributed by atoms with Gasteiger partial charge in [0.05, 0.1) is 5.25 Å². The Hall–Kier alpha value is -0.170. The first-order chi connectivity index (χ1) is 8.01. The predicted molar refractivity (Wildman–Crippen MR) is 68.5 cm³/mol. The lowest BCUT2D eigenvalue weighted by Gasteiger charge is -2.35. The minimum Gasteiger partial charge on any atom is -0.315 e. The summed E-state index contributed by atoms with van der Waals surface area (Å²) >= 11 is 0. The third-order valence-corrected chi connectivity index (χ3v) is 6.39. The van der Waals surface area contributed by atoms with E-state index < -0.39 is 10.0 Å². The summed E-state index contributed by atoms with van der Waals surface area (Å²) in [6, 6.07) is 0.191. The molecule has 0 aliphatic carbocycles. The normalized spacial score (nSPS) is 29.0. The molecule has 2 aliphatic rings. The van der Waals surface area contributed by atoms with Gasteiger partial charge in [0.1, 0.15) is 0 Å². The van der Waals surface area contributed by atoms with Crippen LogP contribution >= 0.6 is 0 Å². The molecule has 100 valence electrons. The first kappa shape index (κ1) is 13.3. The minimum atomic E-state index is -3.10. The molecule has 1 unspecified atom stereocenters. The Bertz CT molecular complexity index is 344. The van der Waals surface area contributed by atoms with Gasteiger partial charge in [0.25, 0.3) is 0 Å². The van der Waals surface area contributed by atoms with Crippen molar-refractivity contribution in [3.05, 3.63) is 0 Å². The number of sulfonamides is 1. The highest BCUT2D eigenvalue weighted by Crippen LogP contribution is 2.21. The van der Waals surface area contributed by atoms with Crippen LogP contribution in [-0.2, 0) is 10.0 Å². The van der Waals surface area contributed by atoms with E-state index in [-0.39, 0.29) is 11.3 Å². The van der Waals surface area contributed by atoms with E-state index in [2.05, 4.69) is 17.3 Å². The van der Waals surface area contributed by atoms with E-state index in [9.17, 15) is 8.42 Å². The Balaban J connectivity index is 2.00. The highest BCUT2D eigenvalue weighted by molar-refractivity contribution is 7.89. The van der Waals surface area contributed by atoms with Crippen LogP contribution in [0.15, 0.2) is 0 Å². The lowest BCUT2D eigenvalue weighted by Crippen LogP contribution is -2.47. The number of piperidine rings is 1. The van der Waals surface area contributed by atoms with Crippen LogP contribution < -0.4 is 5.32 Å². The van der Waals surface area contributed by atoms with Crippen LogP contribution in [-0.4, -0.2) is 69.2 Å². The van der Waals surface area contributed by atoms with Crippen molar-refractivity contribution in [1.29, 1.82) is 0 Å². The fraction of sp³-hybridized carbons (Fsp3) is 1.00. The van der Waals surface area contributed by atoms with Crippen molar-refractivity contribution in [1.82, 2.24) is 14.5 Å². The van der Waals surface area contributed by atoms with Crippen molar-refractivity contribution in [3.8, 4) is 0 Å². The molecule has 2 rings (SSSR count). The van der Waals surface area contributed by atoms with Crippen LogP contribution in [0, 0.1) is 0 Å². The number of nitrogens with one attached hydrogen (secondary N) is 1. The van der Waals surface area contributed by atoms with Gasteiger partial charge in [-0.3, -0.25) is 0 Å². The lowest BCUT2D eigenvalue weighted by atomic mass is 10.1. The predicted octanol–water partition coefficient (Wildman–Crippen LogP) is -0.296. The topological polar surface area (TPSA) is 52.7 Å². The average molecular weight is 261 g/mol. The molecular formula is C11H23N3O2S. The van der Waals surface area contributed by atoms with E-state index >= 15 is 0 Å². The molecule has 17 heavy (non-hydrogen) atoms. The molecule has 0 aromatic carbocycles. The highest BCUT2D eigenvalue weighted by atomic mass is 32.2. The van der Waals surface area contributed by atoms with Gasteiger partial charge in [-0.25, -0.2) is 12.7 Å². The second-order valence-electron chi connectivity index (χ2n) is 5.21. The third kappa shape index (κ3) is 2.81. The Labute approximate surface area is 104 Å². The zero-order valence-electron chi connectivity index (χ0n) is 10.7. The Morgan fingerprint density at radius 3 is 2.41 bits per heavy atom. The summed E-state index contributed by atoms with van der Waals surface area (Å²) in [5, 5.41) is 2.91. The van der Waals surface area contributed by atoms with Crippen molar-refractivity contribution < 1.29 is 8.42 Å². The Morgan fingerprint density at radius 2 is 1.88 bits per heavy atom. The molecule has 0 aromatic rings. The number of hydrogen-bond donors (Lipinski definition) is 1.